The van der Waals surface area contributed by atoms with E-state index in [1.54, 1.807) is 12.1 Å². The number of carbonyl (C=O) groups is 2. The summed E-state index contributed by atoms with van der Waals surface area (Å²) in [7, 11) is 0. The van der Waals surface area contributed by atoms with Crippen LogP contribution >= 0.6 is 35.0 Å². The second kappa shape index (κ2) is 8.75. The van der Waals surface area contributed by atoms with E-state index in [9.17, 15) is 9.59 Å². The molecule has 1 saturated carbocycles. The highest BCUT2D eigenvalue weighted by Crippen LogP contribution is 2.42. The van der Waals surface area contributed by atoms with E-state index >= 15 is 0 Å². The third-order valence-corrected chi connectivity index (χ3v) is 7.37. The predicted octanol–water partition coefficient (Wildman–Crippen LogP) is 7.20. The third-order valence-electron chi connectivity index (χ3n) is 5.30. The molecule has 1 amide bonds. The number of rotatable bonds is 4. The van der Waals surface area contributed by atoms with Crippen LogP contribution < -0.4 is 5.32 Å². The molecule has 0 unspecified atom stereocenters. The fourth-order valence-electron chi connectivity index (χ4n) is 3.26. The highest BCUT2D eigenvalue weighted by atomic mass is 35.5. The van der Waals surface area contributed by atoms with Crippen LogP contribution in [-0.4, -0.2) is 11.0 Å². The van der Waals surface area contributed by atoms with Crippen LogP contribution in [0, 0.1) is 16.7 Å². The van der Waals surface area contributed by atoms with E-state index in [0.717, 1.165) is 24.6 Å². The lowest BCUT2D eigenvalue weighted by Crippen LogP contribution is -2.38. The van der Waals surface area contributed by atoms with Crippen molar-refractivity contribution in [3.8, 4) is 0 Å². The molecule has 3 nitrogen and oxygen atoms in total. The maximum absolute atomic E-state index is 13.1. The standard InChI is InChI=1S/C21H29Cl2NO2S/c1-20(2,3)19(26)27-17-12-15(23)14(22)11-16(17)24-18(25)21(4,5)13-9-7-6-8-10-13/h11-13H,6-10H2,1-5H3,(H,24,25). The second-order valence-corrected chi connectivity index (χ2v) is 10.7. The molecule has 0 spiro atoms. The van der Waals surface area contributed by atoms with Crippen LogP contribution in [0.15, 0.2) is 17.0 Å². The van der Waals surface area contributed by atoms with E-state index in [2.05, 4.69) is 5.32 Å². The normalized spacial score (nSPS) is 16.3. The third kappa shape index (κ3) is 5.65. The zero-order chi connectivity index (χ0) is 20.4. The molecule has 0 bridgehead atoms. The van der Waals surface area contributed by atoms with Gasteiger partial charge in [0.05, 0.1) is 15.7 Å². The van der Waals surface area contributed by atoms with Crippen molar-refractivity contribution < 1.29 is 9.59 Å². The first-order chi connectivity index (χ1) is 12.4. The van der Waals surface area contributed by atoms with Gasteiger partial charge in [-0.1, -0.05) is 77.1 Å². The van der Waals surface area contributed by atoms with Crippen molar-refractivity contribution in [1.82, 2.24) is 0 Å². The Morgan fingerprint density at radius 2 is 1.56 bits per heavy atom. The minimum Gasteiger partial charge on any atom is -0.325 e. The molecule has 0 aliphatic heterocycles. The van der Waals surface area contributed by atoms with Gasteiger partial charge < -0.3 is 5.32 Å². The van der Waals surface area contributed by atoms with E-state index in [1.807, 2.05) is 34.6 Å². The molecule has 2 rings (SSSR count). The molecule has 1 aliphatic rings. The van der Waals surface area contributed by atoms with Crippen LogP contribution in [-0.2, 0) is 9.59 Å². The van der Waals surface area contributed by atoms with Gasteiger partial charge in [0, 0.05) is 15.7 Å². The summed E-state index contributed by atoms with van der Waals surface area (Å²) >= 11 is 13.4. The summed E-state index contributed by atoms with van der Waals surface area (Å²) in [5.41, 5.74) is -0.442. The molecular formula is C21H29Cl2NO2S. The number of thioether (sulfide) groups is 1. The maximum atomic E-state index is 13.1. The lowest BCUT2D eigenvalue weighted by Gasteiger charge is -2.35. The number of hydrogen-bond acceptors (Lipinski definition) is 3. The van der Waals surface area contributed by atoms with E-state index in [1.165, 1.54) is 19.3 Å². The SMILES string of the molecule is CC(C)(C)C(=O)Sc1cc(Cl)c(Cl)cc1NC(=O)C(C)(C)C1CCCCC1. The summed E-state index contributed by atoms with van der Waals surface area (Å²) in [4.78, 5) is 26.2. The van der Waals surface area contributed by atoms with Crippen molar-refractivity contribution in [2.24, 2.45) is 16.7 Å². The van der Waals surface area contributed by atoms with Crippen molar-refractivity contribution >= 4 is 51.7 Å². The van der Waals surface area contributed by atoms with E-state index in [-0.39, 0.29) is 11.0 Å². The molecule has 0 saturated heterocycles. The Bertz CT molecular complexity index is 720. The lowest BCUT2D eigenvalue weighted by atomic mass is 9.70. The van der Waals surface area contributed by atoms with Crippen molar-refractivity contribution in [3.63, 3.8) is 0 Å². The molecule has 1 aliphatic carbocycles. The Kier molecular flexibility index (Phi) is 7.32. The summed E-state index contributed by atoms with van der Waals surface area (Å²) in [6.45, 7) is 9.60. The fraction of sp³-hybridized carbons (Fsp3) is 0.619. The van der Waals surface area contributed by atoms with Gasteiger partial charge in [0.15, 0.2) is 5.12 Å². The van der Waals surface area contributed by atoms with Gasteiger partial charge in [0.1, 0.15) is 0 Å². The van der Waals surface area contributed by atoms with Crippen LogP contribution in [0.1, 0.15) is 66.7 Å². The van der Waals surface area contributed by atoms with E-state index in [4.69, 9.17) is 23.2 Å². The predicted molar refractivity (Wildman–Crippen MR) is 116 cm³/mol. The van der Waals surface area contributed by atoms with Crippen molar-refractivity contribution in [3.05, 3.63) is 22.2 Å². The number of halogens is 2. The van der Waals surface area contributed by atoms with Gasteiger partial charge in [-0.15, -0.1) is 0 Å². The zero-order valence-corrected chi connectivity index (χ0v) is 19.1. The molecule has 6 heteroatoms. The van der Waals surface area contributed by atoms with Gasteiger partial charge in [0.25, 0.3) is 0 Å². The molecule has 1 fully saturated rings. The Hall–Kier alpha value is -0.710. The molecule has 1 N–H and O–H groups in total. The highest BCUT2D eigenvalue weighted by molar-refractivity contribution is 8.13. The summed E-state index contributed by atoms with van der Waals surface area (Å²) < 4.78 is 0. The van der Waals surface area contributed by atoms with Gasteiger partial charge in [0.2, 0.25) is 5.91 Å². The average molecular weight is 430 g/mol. The first-order valence-corrected chi connectivity index (χ1v) is 11.0. The van der Waals surface area contributed by atoms with Crippen LogP contribution in [0.5, 0.6) is 0 Å². The Morgan fingerprint density at radius 3 is 2.11 bits per heavy atom. The number of amides is 1. The molecule has 0 heterocycles. The number of nitrogens with one attached hydrogen (secondary N) is 1. The van der Waals surface area contributed by atoms with Crippen LogP contribution in [0.4, 0.5) is 5.69 Å². The van der Waals surface area contributed by atoms with Gasteiger partial charge in [-0.3, -0.25) is 9.59 Å². The molecule has 0 atom stereocenters. The van der Waals surface area contributed by atoms with Gasteiger partial charge in [-0.25, -0.2) is 0 Å². The monoisotopic (exact) mass is 429 g/mol. The molecule has 0 radical (unpaired) electrons. The number of benzene rings is 1. The van der Waals surface area contributed by atoms with Gasteiger partial charge in [-0.2, -0.15) is 0 Å². The smallest absolute Gasteiger partial charge is 0.230 e. The van der Waals surface area contributed by atoms with Crippen LogP contribution in [0.2, 0.25) is 10.0 Å². The summed E-state index contributed by atoms with van der Waals surface area (Å²) in [5, 5.41) is 3.74. The molecule has 27 heavy (non-hydrogen) atoms. The number of anilines is 1. The molecule has 1 aromatic rings. The first-order valence-electron chi connectivity index (χ1n) is 9.45. The van der Waals surface area contributed by atoms with Crippen LogP contribution in [0.25, 0.3) is 0 Å². The summed E-state index contributed by atoms with van der Waals surface area (Å²) in [5.74, 6) is 0.319. The first kappa shape index (κ1) is 22.6. The Balaban J connectivity index is 2.27. The summed E-state index contributed by atoms with van der Waals surface area (Å²) in [6, 6.07) is 3.29. The van der Waals surface area contributed by atoms with E-state index < -0.39 is 10.8 Å². The molecule has 150 valence electrons. The number of carbonyl (C=O) groups excluding carboxylic acids is 2. The average Bonchev–Trinajstić information content (AvgIpc) is 2.59. The molecule has 0 aromatic heterocycles. The van der Waals surface area contributed by atoms with Gasteiger partial charge >= 0.3 is 0 Å². The minimum atomic E-state index is -0.501. The van der Waals surface area contributed by atoms with E-state index in [0.29, 0.717) is 26.5 Å². The quantitative estimate of drug-likeness (QED) is 0.514. The molecular weight excluding hydrogens is 401 g/mol. The topological polar surface area (TPSA) is 46.2 Å². The summed E-state index contributed by atoms with van der Waals surface area (Å²) in [6.07, 6.45) is 5.75. The van der Waals surface area contributed by atoms with Crippen molar-refractivity contribution in [2.45, 2.75) is 71.6 Å². The maximum Gasteiger partial charge on any atom is 0.230 e. The lowest BCUT2D eigenvalue weighted by molar-refractivity contribution is -0.127. The second-order valence-electron chi connectivity index (χ2n) is 8.91. The number of hydrogen-bond donors (Lipinski definition) is 1. The molecule has 1 aromatic carbocycles. The van der Waals surface area contributed by atoms with Gasteiger partial charge in [-0.05, 0) is 42.7 Å². The van der Waals surface area contributed by atoms with Crippen molar-refractivity contribution in [1.29, 1.82) is 0 Å². The minimum absolute atomic E-state index is 0.00271. The van der Waals surface area contributed by atoms with Crippen molar-refractivity contribution in [2.75, 3.05) is 5.32 Å². The Morgan fingerprint density at radius 1 is 1.00 bits per heavy atom. The largest absolute Gasteiger partial charge is 0.325 e. The highest BCUT2D eigenvalue weighted by Gasteiger charge is 2.37. The zero-order valence-electron chi connectivity index (χ0n) is 16.7. The fourth-order valence-corrected chi connectivity index (χ4v) is 4.55. The Labute approximate surface area is 177 Å². The van der Waals surface area contributed by atoms with Crippen LogP contribution in [0.3, 0.4) is 0 Å².